The number of rotatable bonds is 9. The van der Waals surface area contributed by atoms with Crippen LogP contribution in [0.4, 0.5) is 0 Å². The summed E-state index contributed by atoms with van der Waals surface area (Å²) in [6.45, 7) is 0. The van der Waals surface area contributed by atoms with Gasteiger partial charge in [-0.15, -0.1) is 0 Å². The molecule has 0 unspecified atom stereocenters. The van der Waals surface area contributed by atoms with Crippen molar-refractivity contribution in [3.8, 4) is 11.5 Å². The van der Waals surface area contributed by atoms with E-state index in [9.17, 15) is 24.3 Å². The van der Waals surface area contributed by atoms with Gasteiger partial charge in [-0.05, 0) is 47.0 Å². The highest BCUT2D eigenvalue weighted by Crippen LogP contribution is 2.40. The van der Waals surface area contributed by atoms with Crippen molar-refractivity contribution in [3.63, 3.8) is 0 Å². The van der Waals surface area contributed by atoms with E-state index < -0.39 is 5.60 Å². The van der Waals surface area contributed by atoms with E-state index in [0.29, 0.717) is 36.6 Å². The van der Waals surface area contributed by atoms with Gasteiger partial charge in [0.1, 0.15) is 17.1 Å². The van der Waals surface area contributed by atoms with Crippen molar-refractivity contribution < 1.29 is 33.8 Å². The van der Waals surface area contributed by atoms with Gasteiger partial charge in [-0.1, -0.05) is 24.3 Å². The van der Waals surface area contributed by atoms with Crippen molar-refractivity contribution in [2.45, 2.75) is 5.60 Å². The Morgan fingerprint density at radius 1 is 0.594 bits per heavy atom. The van der Waals surface area contributed by atoms with E-state index in [1.54, 1.807) is 12.1 Å². The molecule has 0 aliphatic rings. The lowest BCUT2D eigenvalue weighted by molar-refractivity contribution is 0.109. The molecule has 3 aromatic rings. The van der Waals surface area contributed by atoms with E-state index in [4.69, 9.17) is 9.47 Å². The van der Waals surface area contributed by atoms with Crippen molar-refractivity contribution in [2.24, 2.45) is 0 Å². The molecule has 0 fully saturated rings. The molecule has 3 rings (SSSR count). The third-order valence-corrected chi connectivity index (χ3v) is 5.31. The zero-order valence-electron chi connectivity index (χ0n) is 17.4. The number of ether oxygens (including phenoxy) is 2. The maximum Gasteiger partial charge on any atom is 0.153 e. The van der Waals surface area contributed by atoms with Crippen LogP contribution in [-0.2, 0) is 5.60 Å². The second-order valence-corrected chi connectivity index (χ2v) is 6.94. The molecule has 7 heteroatoms. The molecule has 0 spiro atoms. The summed E-state index contributed by atoms with van der Waals surface area (Å²) >= 11 is 0. The average Bonchev–Trinajstić information content (AvgIpc) is 2.86. The fraction of sp³-hybridized carbons (Fsp3) is 0.120. The number of carbonyl (C=O) groups is 4. The van der Waals surface area contributed by atoms with Crippen molar-refractivity contribution in [1.29, 1.82) is 0 Å². The molecule has 0 saturated carbocycles. The molecule has 0 aliphatic carbocycles. The standard InChI is InChI=1S/C25H20O7/c1-31-23-7-5-21(10-18(23)14-28)25(30,20-4-3-16(12-26)17(9-20)13-27)22-6-8-24(32-2)19(11-22)15-29/h3-15,30H,1-2H3. The Balaban J connectivity index is 2.36. The number of benzene rings is 3. The zero-order chi connectivity index (χ0) is 23.3. The minimum absolute atomic E-state index is 0.0872. The molecule has 32 heavy (non-hydrogen) atoms. The first kappa shape index (κ1) is 22.6. The lowest BCUT2D eigenvalue weighted by atomic mass is 9.78. The second kappa shape index (κ2) is 9.36. The van der Waals surface area contributed by atoms with Crippen LogP contribution in [0.15, 0.2) is 54.6 Å². The normalized spacial score (nSPS) is 10.8. The van der Waals surface area contributed by atoms with Crippen LogP contribution in [0.2, 0.25) is 0 Å². The maximum absolute atomic E-state index is 12.1. The van der Waals surface area contributed by atoms with E-state index in [1.807, 2.05) is 0 Å². The molecule has 0 bridgehead atoms. The highest BCUT2D eigenvalue weighted by Gasteiger charge is 2.35. The quantitative estimate of drug-likeness (QED) is 0.409. The fourth-order valence-electron chi connectivity index (χ4n) is 3.61. The third-order valence-electron chi connectivity index (χ3n) is 5.31. The number of methoxy groups -OCH3 is 2. The summed E-state index contributed by atoms with van der Waals surface area (Å²) in [6, 6.07) is 13.5. The summed E-state index contributed by atoms with van der Waals surface area (Å²) in [5.41, 5.74) is -0.388. The Hall–Kier alpha value is -4.10. The summed E-state index contributed by atoms with van der Waals surface area (Å²) < 4.78 is 10.4. The topological polar surface area (TPSA) is 107 Å². The molecule has 1 N–H and O–H groups in total. The van der Waals surface area contributed by atoms with E-state index >= 15 is 0 Å². The molecule has 7 nitrogen and oxygen atoms in total. The van der Waals surface area contributed by atoms with Crippen LogP contribution in [0.5, 0.6) is 11.5 Å². The minimum Gasteiger partial charge on any atom is -0.496 e. The SMILES string of the molecule is COc1ccc(C(O)(c2ccc(C=O)c(C=O)c2)c2ccc(OC)c(C=O)c2)cc1C=O. The lowest BCUT2D eigenvalue weighted by Gasteiger charge is -2.31. The van der Waals surface area contributed by atoms with Gasteiger partial charge in [0.2, 0.25) is 0 Å². The Bertz CT molecular complexity index is 1140. The van der Waals surface area contributed by atoms with E-state index in [0.717, 1.165) is 0 Å². The molecular formula is C25H20O7. The van der Waals surface area contributed by atoms with Crippen molar-refractivity contribution in [3.05, 3.63) is 93.5 Å². The molecule has 0 heterocycles. The van der Waals surface area contributed by atoms with Gasteiger partial charge < -0.3 is 14.6 Å². The summed E-state index contributed by atoms with van der Waals surface area (Å²) in [6.07, 6.45) is 2.26. The van der Waals surface area contributed by atoms with Gasteiger partial charge in [0.15, 0.2) is 25.1 Å². The Labute approximate surface area is 184 Å². The van der Waals surface area contributed by atoms with Crippen LogP contribution < -0.4 is 9.47 Å². The second-order valence-electron chi connectivity index (χ2n) is 6.94. The van der Waals surface area contributed by atoms with Crippen molar-refractivity contribution in [2.75, 3.05) is 14.2 Å². The van der Waals surface area contributed by atoms with E-state index in [-0.39, 0.29) is 38.9 Å². The predicted octanol–water partition coefficient (Wildman–Crippen LogP) is 3.24. The molecule has 0 aromatic heterocycles. The summed E-state index contributed by atoms with van der Waals surface area (Å²) in [4.78, 5) is 46.0. The zero-order valence-corrected chi connectivity index (χ0v) is 17.4. The highest BCUT2D eigenvalue weighted by atomic mass is 16.5. The Kier molecular flexibility index (Phi) is 6.61. The Morgan fingerprint density at radius 3 is 1.34 bits per heavy atom. The van der Waals surface area contributed by atoms with Crippen molar-refractivity contribution in [1.82, 2.24) is 0 Å². The van der Waals surface area contributed by atoms with Gasteiger partial charge >= 0.3 is 0 Å². The molecule has 162 valence electrons. The number of hydrogen-bond acceptors (Lipinski definition) is 7. The monoisotopic (exact) mass is 432 g/mol. The minimum atomic E-state index is -1.88. The number of aldehydes is 4. The molecular weight excluding hydrogens is 412 g/mol. The first-order valence-electron chi connectivity index (χ1n) is 9.51. The molecule has 0 radical (unpaired) electrons. The third kappa shape index (κ3) is 3.81. The first-order chi connectivity index (χ1) is 15.5. The van der Waals surface area contributed by atoms with Crippen LogP contribution in [0.25, 0.3) is 0 Å². The number of aliphatic hydroxyl groups is 1. The van der Waals surface area contributed by atoms with Crippen LogP contribution in [0, 0.1) is 0 Å². The van der Waals surface area contributed by atoms with Gasteiger partial charge in [-0.2, -0.15) is 0 Å². The fourth-order valence-corrected chi connectivity index (χ4v) is 3.61. The van der Waals surface area contributed by atoms with Crippen LogP contribution in [0.3, 0.4) is 0 Å². The predicted molar refractivity (Wildman–Crippen MR) is 116 cm³/mol. The van der Waals surface area contributed by atoms with Gasteiger partial charge in [0.25, 0.3) is 0 Å². The number of hydrogen-bond donors (Lipinski definition) is 1. The maximum atomic E-state index is 12.1. The smallest absolute Gasteiger partial charge is 0.153 e. The van der Waals surface area contributed by atoms with Gasteiger partial charge in [-0.25, -0.2) is 0 Å². The molecule has 0 atom stereocenters. The molecule has 0 amide bonds. The van der Waals surface area contributed by atoms with Gasteiger partial charge in [0, 0.05) is 11.1 Å². The number of carbonyl (C=O) groups excluding carboxylic acids is 4. The van der Waals surface area contributed by atoms with Crippen LogP contribution in [0.1, 0.15) is 58.1 Å². The average molecular weight is 432 g/mol. The van der Waals surface area contributed by atoms with E-state index in [1.165, 1.54) is 56.7 Å². The Morgan fingerprint density at radius 2 is 0.969 bits per heavy atom. The van der Waals surface area contributed by atoms with Gasteiger partial charge in [-0.3, -0.25) is 19.2 Å². The summed E-state index contributed by atoms with van der Waals surface area (Å²) in [7, 11) is 2.84. The summed E-state index contributed by atoms with van der Waals surface area (Å²) in [5.74, 6) is 0.638. The molecule has 3 aromatic carbocycles. The largest absolute Gasteiger partial charge is 0.496 e. The molecule has 0 aliphatic heterocycles. The first-order valence-corrected chi connectivity index (χ1v) is 9.51. The summed E-state index contributed by atoms with van der Waals surface area (Å²) in [5, 5.41) is 12.1. The molecule has 0 saturated heterocycles. The van der Waals surface area contributed by atoms with Crippen LogP contribution in [-0.4, -0.2) is 44.5 Å². The van der Waals surface area contributed by atoms with Crippen LogP contribution >= 0.6 is 0 Å². The lowest BCUT2D eigenvalue weighted by Crippen LogP contribution is -2.29. The van der Waals surface area contributed by atoms with E-state index in [2.05, 4.69) is 0 Å². The van der Waals surface area contributed by atoms with Gasteiger partial charge in [0.05, 0.1) is 25.3 Å². The highest BCUT2D eigenvalue weighted by molar-refractivity contribution is 5.90. The van der Waals surface area contributed by atoms with Crippen molar-refractivity contribution >= 4 is 25.1 Å².